The average Bonchev–Trinajstić information content (AvgIpc) is 2.41. The van der Waals surface area contributed by atoms with Crippen molar-refractivity contribution < 1.29 is 17.9 Å². The molecule has 120 valence electrons. The van der Waals surface area contributed by atoms with E-state index in [0.717, 1.165) is 0 Å². The molecule has 0 aromatic heterocycles. The maximum atomic E-state index is 13.3. The minimum absolute atomic E-state index is 0. The second kappa shape index (κ2) is 7.87. The maximum Gasteiger partial charge on any atom is 0.408 e. The molecule has 1 aromatic rings. The molecule has 1 saturated heterocycles. The van der Waals surface area contributed by atoms with E-state index in [1.54, 1.807) is 12.1 Å². The van der Waals surface area contributed by atoms with E-state index in [4.69, 9.17) is 4.74 Å². The monoisotopic (exact) mass is 324 g/mol. The molecule has 2 rings (SSSR count). The molecule has 21 heavy (non-hydrogen) atoms. The van der Waals surface area contributed by atoms with Gasteiger partial charge < -0.3 is 10.1 Å². The number of halogens is 4. The quantitative estimate of drug-likeness (QED) is 0.921. The number of alkyl halides is 3. The van der Waals surface area contributed by atoms with Crippen LogP contribution in [0.1, 0.15) is 18.5 Å². The Hall–Kier alpha value is -0.980. The predicted octanol–water partition coefficient (Wildman–Crippen LogP) is 3.02. The molecular weight excluding hydrogens is 305 g/mol. The molecule has 1 N–H and O–H groups in total. The highest BCUT2D eigenvalue weighted by atomic mass is 35.5. The summed E-state index contributed by atoms with van der Waals surface area (Å²) in [5.74, 6) is 0.595. The standard InChI is InChI=1S/C14H19F3N2O.ClH/c1-2-20-12-5-3-11(4-6-12)13(14(15,16)17)19-9-7-18-8-10-19;/h3-6,13,18H,2,7-10H2,1H3;1H/t13-;/m0./s1. The number of ether oxygens (including phenoxy) is 1. The van der Waals surface area contributed by atoms with Crippen molar-refractivity contribution >= 4 is 12.4 Å². The van der Waals surface area contributed by atoms with Gasteiger partial charge in [0.1, 0.15) is 11.8 Å². The molecule has 1 fully saturated rings. The van der Waals surface area contributed by atoms with Crippen LogP contribution in [-0.2, 0) is 0 Å². The van der Waals surface area contributed by atoms with Gasteiger partial charge in [0.2, 0.25) is 0 Å². The fourth-order valence-electron chi connectivity index (χ4n) is 2.46. The van der Waals surface area contributed by atoms with E-state index in [1.165, 1.54) is 17.0 Å². The van der Waals surface area contributed by atoms with Crippen molar-refractivity contribution in [3.05, 3.63) is 29.8 Å². The third kappa shape index (κ3) is 4.76. The molecule has 7 heteroatoms. The van der Waals surface area contributed by atoms with E-state index in [0.29, 0.717) is 38.5 Å². The molecular formula is C14H20ClF3N2O. The molecule has 0 bridgehead atoms. The molecule has 0 unspecified atom stereocenters. The van der Waals surface area contributed by atoms with E-state index in [1.807, 2.05) is 6.92 Å². The summed E-state index contributed by atoms with van der Waals surface area (Å²) in [5, 5.41) is 3.07. The Balaban J connectivity index is 0.00000220. The first-order valence-electron chi connectivity index (χ1n) is 6.76. The summed E-state index contributed by atoms with van der Waals surface area (Å²) in [7, 11) is 0. The second-order valence-electron chi connectivity index (χ2n) is 4.73. The number of piperazine rings is 1. The van der Waals surface area contributed by atoms with Gasteiger partial charge >= 0.3 is 6.18 Å². The van der Waals surface area contributed by atoms with Crippen LogP contribution in [0.15, 0.2) is 24.3 Å². The van der Waals surface area contributed by atoms with Crippen LogP contribution >= 0.6 is 12.4 Å². The lowest BCUT2D eigenvalue weighted by Crippen LogP contribution is -2.49. The molecule has 0 saturated carbocycles. The number of nitrogens with one attached hydrogen (secondary N) is 1. The second-order valence-corrected chi connectivity index (χ2v) is 4.73. The molecule has 0 aliphatic carbocycles. The number of benzene rings is 1. The summed E-state index contributed by atoms with van der Waals surface area (Å²) in [6.45, 7) is 4.31. The van der Waals surface area contributed by atoms with Crippen molar-refractivity contribution in [2.24, 2.45) is 0 Å². The Morgan fingerprint density at radius 2 is 1.76 bits per heavy atom. The Labute approximate surface area is 128 Å². The van der Waals surface area contributed by atoms with Crippen LogP contribution in [0.2, 0.25) is 0 Å². The van der Waals surface area contributed by atoms with E-state index in [-0.39, 0.29) is 18.0 Å². The molecule has 1 heterocycles. The van der Waals surface area contributed by atoms with Gasteiger partial charge in [-0.1, -0.05) is 12.1 Å². The van der Waals surface area contributed by atoms with Crippen LogP contribution < -0.4 is 10.1 Å². The fraction of sp³-hybridized carbons (Fsp3) is 0.571. The van der Waals surface area contributed by atoms with Crippen molar-refractivity contribution in [3.8, 4) is 5.75 Å². The van der Waals surface area contributed by atoms with Gasteiger partial charge in [-0.05, 0) is 24.6 Å². The minimum atomic E-state index is -4.27. The molecule has 0 spiro atoms. The number of hydrogen-bond donors (Lipinski definition) is 1. The van der Waals surface area contributed by atoms with E-state index < -0.39 is 12.2 Å². The van der Waals surface area contributed by atoms with E-state index in [9.17, 15) is 13.2 Å². The van der Waals surface area contributed by atoms with Crippen LogP contribution in [-0.4, -0.2) is 43.9 Å². The lowest BCUT2D eigenvalue weighted by molar-refractivity contribution is -0.187. The average molecular weight is 325 g/mol. The highest BCUT2D eigenvalue weighted by Gasteiger charge is 2.44. The Bertz CT molecular complexity index is 419. The number of rotatable bonds is 4. The highest BCUT2D eigenvalue weighted by Crippen LogP contribution is 2.38. The van der Waals surface area contributed by atoms with Crippen LogP contribution in [0.25, 0.3) is 0 Å². The van der Waals surface area contributed by atoms with Crippen LogP contribution in [0.5, 0.6) is 5.75 Å². The van der Waals surface area contributed by atoms with Gasteiger partial charge in [-0.2, -0.15) is 13.2 Å². The first-order valence-corrected chi connectivity index (χ1v) is 6.76. The molecule has 1 aliphatic heterocycles. The van der Waals surface area contributed by atoms with Gasteiger partial charge in [0.15, 0.2) is 0 Å². The summed E-state index contributed by atoms with van der Waals surface area (Å²) in [6.07, 6.45) is -4.27. The summed E-state index contributed by atoms with van der Waals surface area (Å²) < 4.78 is 45.3. The Morgan fingerprint density at radius 3 is 2.24 bits per heavy atom. The zero-order valence-electron chi connectivity index (χ0n) is 11.8. The van der Waals surface area contributed by atoms with Crippen molar-refractivity contribution in [3.63, 3.8) is 0 Å². The van der Waals surface area contributed by atoms with Crippen LogP contribution in [0.4, 0.5) is 13.2 Å². The van der Waals surface area contributed by atoms with Gasteiger partial charge in [0.05, 0.1) is 6.61 Å². The van der Waals surface area contributed by atoms with Gasteiger partial charge in [0.25, 0.3) is 0 Å². The molecule has 1 aromatic carbocycles. The minimum Gasteiger partial charge on any atom is -0.494 e. The lowest BCUT2D eigenvalue weighted by Gasteiger charge is -2.36. The first kappa shape index (κ1) is 18.1. The van der Waals surface area contributed by atoms with Crippen LogP contribution in [0.3, 0.4) is 0 Å². The maximum absolute atomic E-state index is 13.3. The smallest absolute Gasteiger partial charge is 0.408 e. The molecule has 0 amide bonds. The zero-order valence-corrected chi connectivity index (χ0v) is 12.6. The molecule has 1 aliphatic rings. The van der Waals surface area contributed by atoms with Gasteiger partial charge in [-0.15, -0.1) is 12.4 Å². The first-order chi connectivity index (χ1) is 9.52. The third-order valence-corrected chi connectivity index (χ3v) is 3.33. The van der Waals surface area contributed by atoms with Crippen molar-refractivity contribution in [1.29, 1.82) is 0 Å². The Morgan fingerprint density at radius 1 is 1.19 bits per heavy atom. The van der Waals surface area contributed by atoms with Crippen LogP contribution in [0, 0.1) is 0 Å². The van der Waals surface area contributed by atoms with Gasteiger partial charge in [0, 0.05) is 26.2 Å². The highest BCUT2D eigenvalue weighted by molar-refractivity contribution is 5.85. The SMILES string of the molecule is CCOc1ccc([C@H](N2CCNCC2)C(F)(F)F)cc1.Cl. The van der Waals surface area contributed by atoms with Crippen molar-refractivity contribution in [1.82, 2.24) is 10.2 Å². The summed E-state index contributed by atoms with van der Waals surface area (Å²) in [6, 6.07) is 4.66. The summed E-state index contributed by atoms with van der Waals surface area (Å²) in [5.41, 5.74) is 0.267. The molecule has 0 radical (unpaired) electrons. The van der Waals surface area contributed by atoms with E-state index in [2.05, 4.69) is 5.32 Å². The fourth-order valence-corrected chi connectivity index (χ4v) is 2.46. The van der Waals surface area contributed by atoms with Gasteiger partial charge in [-0.25, -0.2) is 0 Å². The number of nitrogens with zero attached hydrogens (tertiary/aromatic N) is 1. The number of hydrogen-bond acceptors (Lipinski definition) is 3. The largest absolute Gasteiger partial charge is 0.494 e. The lowest BCUT2D eigenvalue weighted by atomic mass is 10.0. The normalized spacial score (nSPS) is 17.9. The van der Waals surface area contributed by atoms with Crippen molar-refractivity contribution in [2.45, 2.75) is 19.1 Å². The Kier molecular flexibility index (Phi) is 6.77. The molecule has 3 nitrogen and oxygen atoms in total. The summed E-state index contributed by atoms with van der Waals surface area (Å²) >= 11 is 0. The topological polar surface area (TPSA) is 24.5 Å². The summed E-state index contributed by atoms with van der Waals surface area (Å²) in [4.78, 5) is 1.48. The zero-order chi connectivity index (χ0) is 14.6. The van der Waals surface area contributed by atoms with E-state index >= 15 is 0 Å². The van der Waals surface area contributed by atoms with Crippen molar-refractivity contribution in [2.75, 3.05) is 32.8 Å². The molecule has 1 atom stereocenters. The predicted molar refractivity (Wildman–Crippen MR) is 78.1 cm³/mol. The third-order valence-electron chi connectivity index (χ3n) is 3.33. The van der Waals surface area contributed by atoms with Gasteiger partial charge in [-0.3, -0.25) is 4.90 Å².